The van der Waals surface area contributed by atoms with Crippen molar-refractivity contribution in [3.05, 3.63) is 12.2 Å². The lowest BCUT2D eigenvalue weighted by atomic mass is 10.1. The maximum atomic E-state index is 11.3. The van der Waals surface area contributed by atoms with E-state index in [9.17, 15) is 19.8 Å². The normalized spacial score (nSPS) is 12.5. The molecule has 0 aromatic rings. The molecule has 9 nitrogen and oxygen atoms in total. The molecule has 0 fully saturated rings. The average Bonchev–Trinajstić information content (AvgIpc) is 2.37. The van der Waals surface area contributed by atoms with Gasteiger partial charge in [-0.3, -0.25) is 0 Å². The molecule has 0 saturated carbocycles. The van der Waals surface area contributed by atoms with E-state index in [1.165, 1.54) is 0 Å². The standard InChI is InChI=1S/C13H22O9/c1-2-9-21-10(14)5-6-11(15)22-13(19,20)8-4-3-7-12(16,17)18/h5-6,16-20H,2-4,7-9H2,1H3/b6-5-. The van der Waals surface area contributed by atoms with E-state index in [4.69, 9.17) is 15.3 Å². The summed E-state index contributed by atoms with van der Waals surface area (Å²) in [5.41, 5.74) is 0. The van der Waals surface area contributed by atoms with Crippen LogP contribution in [0.1, 0.15) is 39.0 Å². The van der Waals surface area contributed by atoms with Crippen molar-refractivity contribution in [1.29, 1.82) is 0 Å². The molecular formula is C13H22O9. The number of unbranched alkanes of at least 4 members (excludes halogenated alkanes) is 1. The van der Waals surface area contributed by atoms with Crippen LogP contribution in [0.4, 0.5) is 0 Å². The van der Waals surface area contributed by atoms with Gasteiger partial charge in [-0.1, -0.05) is 6.92 Å². The predicted octanol–water partition coefficient (Wildman–Crippen LogP) is -1.13. The third kappa shape index (κ3) is 12.2. The van der Waals surface area contributed by atoms with Crippen LogP contribution < -0.4 is 0 Å². The van der Waals surface area contributed by atoms with Crippen LogP contribution in [0.15, 0.2) is 12.2 Å². The Morgan fingerprint density at radius 1 is 0.955 bits per heavy atom. The molecule has 0 aromatic heterocycles. The van der Waals surface area contributed by atoms with E-state index < -0.39 is 36.7 Å². The van der Waals surface area contributed by atoms with E-state index in [0.717, 1.165) is 6.08 Å². The summed E-state index contributed by atoms with van der Waals surface area (Å²) < 4.78 is 8.97. The maximum Gasteiger partial charge on any atom is 0.335 e. The van der Waals surface area contributed by atoms with Crippen molar-refractivity contribution < 1.29 is 44.6 Å². The Hall–Kier alpha value is -1.52. The van der Waals surface area contributed by atoms with Crippen LogP contribution in [0.5, 0.6) is 0 Å². The lowest BCUT2D eigenvalue weighted by Gasteiger charge is -2.21. The molecule has 5 N–H and O–H groups in total. The molecule has 0 spiro atoms. The van der Waals surface area contributed by atoms with Crippen molar-refractivity contribution in [2.24, 2.45) is 0 Å². The molecule has 0 saturated heterocycles. The number of ether oxygens (including phenoxy) is 2. The molecule has 0 heterocycles. The number of hydrogen-bond donors (Lipinski definition) is 5. The second-order valence-electron chi connectivity index (χ2n) is 4.65. The smallest absolute Gasteiger partial charge is 0.335 e. The van der Waals surface area contributed by atoms with Gasteiger partial charge >= 0.3 is 17.9 Å². The number of hydrogen-bond acceptors (Lipinski definition) is 9. The molecule has 0 aliphatic carbocycles. The molecule has 0 unspecified atom stereocenters. The first-order valence-electron chi connectivity index (χ1n) is 6.75. The predicted molar refractivity (Wildman–Crippen MR) is 71.5 cm³/mol. The molecule has 128 valence electrons. The Bertz CT molecular complexity index is 381. The summed E-state index contributed by atoms with van der Waals surface area (Å²) in [6, 6.07) is 0. The highest BCUT2D eigenvalue weighted by Crippen LogP contribution is 2.16. The minimum atomic E-state index is -2.83. The van der Waals surface area contributed by atoms with Crippen LogP contribution in [0, 0.1) is 0 Å². The zero-order chi connectivity index (χ0) is 17.2. The maximum absolute atomic E-state index is 11.3. The van der Waals surface area contributed by atoms with Gasteiger partial charge in [0.15, 0.2) is 0 Å². The Labute approximate surface area is 127 Å². The van der Waals surface area contributed by atoms with Crippen molar-refractivity contribution in [1.82, 2.24) is 0 Å². The number of rotatable bonds is 10. The van der Waals surface area contributed by atoms with Crippen LogP contribution in [-0.4, -0.2) is 56.0 Å². The van der Waals surface area contributed by atoms with Crippen LogP contribution in [0.2, 0.25) is 0 Å². The minimum absolute atomic E-state index is 0.0337. The van der Waals surface area contributed by atoms with Gasteiger partial charge in [0, 0.05) is 25.0 Å². The van der Waals surface area contributed by atoms with Gasteiger partial charge in [-0.25, -0.2) is 9.59 Å². The number of carbonyl (C=O) groups excluding carboxylic acids is 2. The third-order valence-electron chi connectivity index (χ3n) is 2.33. The SMILES string of the molecule is CCCOC(=O)/C=C\C(=O)OC(O)(O)CCCCC(O)(O)O. The summed E-state index contributed by atoms with van der Waals surface area (Å²) in [7, 11) is 0. The minimum Gasteiger partial charge on any atom is -0.463 e. The van der Waals surface area contributed by atoms with E-state index in [0.29, 0.717) is 12.5 Å². The first-order chi connectivity index (χ1) is 10.1. The number of esters is 2. The molecule has 0 bridgehead atoms. The Kier molecular flexibility index (Phi) is 8.83. The molecule has 0 aliphatic heterocycles. The van der Waals surface area contributed by atoms with E-state index in [1.54, 1.807) is 6.92 Å². The fourth-order valence-electron chi connectivity index (χ4n) is 1.35. The van der Waals surface area contributed by atoms with Crippen LogP contribution in [0.3, 0.4) is 0 Å². The van der Waals surface area contributed by atoms with E-state index in [2.05, 4.69) is 9.47 Å². The summed E-state index contributed by atoms with van der Waals surface area (Å²) in [5.74, 6) is -7.51. The highest BCUT2D eigenvalue weighted by Gasteiger charge is 2.28. The van der Waals surface area contributed by atoms with Crippen molar-refractivity contribution in [3.8, 4) is 0 Å². The Morgan fingerprint density at radius 2 is 1.50 bits per heavy atom. The second-order valence-corrected chi connectivity index (χ2v) is 4.65. The summed E-state index contributed by atoms with van der Waals surface area (Å²) >= 11 is 0. The van der Waals surface area contributed by atoms with E-state index in [-0.39, 0.29) is 19.4 Å². The molecule has 0 amide bonds. The fraction of sp³-hybridized carbons (Fsp3) is 0.692. The van der Waals surface area contributed by atoms with Crippen molar-refractivity contribution in [3.63, 3.8) is 0 Å². The van der Waals surface area contributed by atoms with Gasteiger partial charge in [-0.05, 0) is 19.3 Å². The molecule has 22 heavy (non-hydrogen) atoms. The van der Waals surface area contributed by atoms with Gasteiger partial charge in [0.25, 0.3) is 5.97 Å². The summed E-state index contributed by atoms with van der Waals surface area (Å²) in [6.45, 7) is 2.00. The van der Waals surface area contributed by atoms with Gasteiger partial charge < -0.3 is 35.0 Å². The number of aliphatic hydroxyl groups is 5. The lowest BCUT2D eigenvalue weighted by molar-refractivity contribution is -0.325. The largest absolute Gasteiger partial charge is 0.463 e. The molecule has 0 radical (unpaired) electrons. The topological polar surface area (TPSA) is 154 Å². The summed E-state index contributed by atoms with van der Waals surface area (Å²) in [5, 5.41) is 44.7. The molecule has 0 aromatic carbocycles. The molecular weight excluding hydrogens is 300 g/mol. The van der Waals surface area contributed by atoms with Gasteiger partial charge in [0.2, 0.25) is 0 Å². The first kappa shape index (κ1) is 20.5. The van der Waals surface area contributed by atoms with E-state index >= 15 is 0 Å². The summed E-state index contributed by atoms with van der Waals surface area (Å²) in [4.78, 5) is 22.3. The second kappa shape index (κ2) is 9.49. The van der Waals surface area contributed by atoms with Gasteiger partial charge in [-0.15, -0.1) is 0 Å². The van der Waals surface area contributed by atoms with Crippen molar-refractivity contribution in [2.75, 3.05) is 6.61 Å². The third-order valence-corrected chi connectivity index (χ3v) is 2.33. The fourth-order valence-corrected chi connectivity index (χ4v) is 1.35. The lowest BCUT2D eigenvalue weighted by Crippen LogP contribution is -2.34. The van der Waals surface area contributed by atoms with Crippen molar-refractivity contribution >= 4 is 11.9 Å². The van der Waals surface area contributed by atoms with Crippen molar-refractivity contribution in [2.45, 2.75) is 51.0 Å². The first-order valence-corrected chi connectivity index (χ1v) is 6.75. The summed E-state index contributed by atoms with van der Waals surface area (Å²) in [6.07, 6.45) is 1.38. The highest BCUT2D eigenvalue weighted by atomic mass is 16.8. The van der Waals surface area contributed by atoms with Crippen LogP contribution in [0.25, 0.3) is 0 Å². The monoisotopic (exact) mass is 322 g/mol. The molecule has 9 heteroatoms. The van der Waals surface area contributed by atoms with Crippen LogP contribution >= 0.6 is 0 Å². The quantitative estimate of drug-likeness (QED) is 0.145. The Balaban J connectivity index is 4.10. The number of carbonyl (C=O) groups is 2. The molecule has 0 atom stereocenters. The Morgan fingerprint density at radius 3 is 2.05 bits per heavy atom. The van der Waals surface area contributed by atoms with Gasteiger partial charge in [-0.2, -0.15) is 0 Å². The van der Waals surface area contributed by atoms with Gasteiger partial charge in [0.05, 0.1) is 6.61 Å². The highest BCUT2D eigenvalue weighted by molar-refractivity contribution is 5.91. The molecule has 0 rings (SSSR count). The van der Waals surface area contributed by atoms with Crippen LogP contribution in [-0.2, 0) is 19.1 Å². The van der Waals surface area contributed by atoms with E-state index in [1.807, 2.05) is 0 Å². The average molecular weight is 322 g/mol. The van der Waals surface area contributed by atoms with Gasteiger partial charge in [0.1, 0.15) is 0 Å². The zero-order valence-corrected chi connectivity index (χ0v) is 12.3. The zero-order valence-electron chi connectivity index (χ0n) is 12.3. The molecule has 0 aliphatic rings.